The van der Waals surface area contributed by atoms with Gasteiger partial charge in [-0.15, -0.1) is 0 Å². The van der Waals surface area contributed by atoms with Gasteiger partial charge >= 0.3 is 5.97 Å². The highest BCUT2D eigenvalue weighted by Gasteiger charge is 2.13. The summed E-state index contributed by atoms with van der Waals surface area (Å²) in [5.74, 6) is -1.80. The maximum atomic E-state index is 13.4. The topological polar surface area (TPSA) is 26.3 Å². The summed E-state index contributed by atoms with van der Waals surface area (Å²) in [6.45, 7) is 3.25. The molecule has 2 nitrogen and oxygen atoms in total. The lowest BCUT2D eigenvalue weighted by Crippen LogP contribution is -2.09. The van der Waals surface area contributed by atoms with Gasteiger partial charge < -0.3 is 4.74 Å². The predicted octanol–water partition coefficient (Wildman–Crippen LogP) is 2.38. The third-order valence-corrected chi connectivity index (χ3v) is 2.04. The Morgan fingerprint density at radius 2 is 2.07 bits per heavy atom. The first-order valence-corrected chi connectivity index (χ1v) is 4.65. The highest BCUT2D eigenvalue weighted by atomic mass is 19.1. The third kappa shape index (κ3) is 2.75. The Balaban J connectivity index is 2.87. The molecule has 0 spiro atoms. The second-order valence-electron chi connectivity index (χ2n) is 3.13. The molecule has 15 heavy (non-hydrogen) atoms. The van der Waals surface area contributed by atoms with E-state index >= 15 is 0 Å². The number of hydrogen-bond acceptors (Lipinski definition) is 2. The Labute approximate surface area is 86.9 Å². The Morgan fingerprint density at radius 1 is 1.40 bits per heavy atom. The van der Waals surface area contributed by atoms with Crippen LogP contribution in [0, 0.1) is 18.6 Å². The maximum Gasteiger partial charge on any atom is 0.310 e. The van der Waals surface area contributed by atoms with Crippen molar-refractivity contribution in [3.63, 3.8) is 0 Å². The summed E-state index contributed by atoms with van der Waals surface area (Å²) in [7, 11) is 0. The Hall–Kier alpha value is -1.45. The molecule has 0 aliphatic carbocycles. The molecule has 0 N–H and O–H groups in total. The highest BCUT2D eigenvalue weighted by Crippen LogP contribution is 2.16. The Bertz CT molecular complexity index is 375. The molecule has 0 heterocycles. The molecule has 0 aromatic heterocycles. The summed E-state index contributed by atoms with van der Waals surface area (Å²) < 4.78 is 31.0. The monoisotopic (exact) mass is 214 g/mol. The quantitative estimate of drug-likeness (QED) is 0.722. The van der Waals surface area contributed by atoms with E-state index in [-0.39, 0.29) is 24.2 Å². The fourth-order valence-corrected chi connectivity index (χ4v) is 1.22. The molecule has 0 radical (unpaired) electrons. The largest absolute Gasteiger partial charge is 0.466 e. The van der Waals surface area contributed by atoms with Gasteiger partial charge in [-0.3, -0.25) is 4.79 Å². The summed E-state index contributed by atoms with van der Waals surface area (Å²) >= 11 is 0. The van der Waals surface area contributed by atoms with Crippen molar-refractivity contribution in [2.45, 2.75) is 20.3 Å². The average molecular weight is 214 g/mol. The van der Waals surface area contributed by atoms with Gasteiger partial charge in [-0.25, -0.2) is 8.78 Å². The van der Waals surface area contributed by atoms with E-state index in [4.69, 9.17) is 0 Å². The summed E-state index contributed by atoms with van der Waals surface area (Å²) in [6, 6.07) is 2.40. The van der Waals surface area contributed by atoms with Gasteiger partial charge in [0, 0.05) is 5.56 Å². The Morgan fingerprint density at radius 3 is 2.67 bits per heavy atom. The molecule has 82 valence electrons. The summed E-state index contributed by atoms with van der Waals surface area (Å²) in [5.41, 5.74) is 0.0872. The fraction of sp³-hybridized carbons (Fsp3) is 0.364. The van der Waals surface area contributed by atoms with Crippen LogP contribution >= 0.6 is 0 Å². The standard InChI is InChI=1S/C11H12F2O2/c1-3-15-10(14)6-8-4-5-9(12)7(2)11(8)13/h4-5H,3,6H2,1-2H3. The third-order valence-electron chi connectivity index (χ3n) is 2.04. The molecule has 1 aromatic rings. The van der Waals surface area contributed by atoms with Crippen LogP contribution in [0.15, 0.2) is 12.1 Å². The van der Waals surface area contributed by atoms with Gasteiger partial charge in [-0.2, -0.15) is 0 Å². The number of hydrogen-bond donors (Lipinski definition) is 0. The molecular formula is C11H12F2O2. The van der Waals surface area contributed by atoms with Crippen LogP contribution in [0.2, 0.25) is 0 Å². The second kappa shape index (κ2) is 4.87. The minimum atomic E-state index is -0.678. The van der Waals surface area contributed by atoms with Crippen LogP contribution in [0.25, 0.3) is 0 Å². The molecule has 0 atom stereocenters. The second-order valence-corrected chi connectivity index (χ2v) is 3.13. The van der Waals surface area contributed by atoms with Crippen molar-refractivity contribution >= 4 is 5.97 Å². The molecule has 0 saturated carbocycles. The van der Waals surface area contributed by atoms with E-state index in [2.05, 4.69) is 4.74 Å². The van der Waals surface area contributed by atoms with E-state index in [0.717, 1.165) is 6.07 Å². The van der Waals surface area contributed by atoms with Crippen molar-refractivity contribution in [2.24, 2.45) is 0 Å². The van der Waals surface area contributed by atoms with Crippen LogP contribution in [0.5, 0.6) is 0 Å². The maximum absolute atomic E-state index is 13.4. The van der Waals surface area contributed by atoms with E-state index in [1.807, 2.05) is 0 Å². The molecule has 0 amide bonds. The van der Waals surface area contributed by atoms with Gasteiger partial charge in [0.25, 0.3) is 0 Å². The summed E-state index contributed by atoms with van der Waals surface area (Å²) in [5, 5.41) is 0. The van der Waals surface area contributed by atoms with Crippen LogP contribution in [0.3, 0.4) is 0 Å². The molecule has 0 bridgehead atoms. The summed E-state index contributed by atoms with van der Waals surface area (Å²) in [4.78, 5) is 11.1. The zero-order valence-corrected chi connectivity index (χ0v) is 8.64. The Kier molecular flexibility index (Phi) is 3.77. The average Bonchev–Trinajstić information content (AvgIpc) is 2.20. The van der Waals surface area contributed by atoms with Crippen LogP contribution < -0.4 is 0 Å². The van der Waals surface area contributed by atoms with E-state index < -0.39 is 17.6 Å². The van der Waals surface area contributed by atoms with Gasteiger partial charge in [-0.05, 0) is 25.5 Å². The van der Waals surface area contributed by atoms with Crippen LogP contribution in [0.4, 0.5) is 8.78 Å². The van der Waals surface area contributed by atoms with Gasteiger partial charge in [0.1, 0.15) is 11.6 Å². The van der Waals surface area contributed by atoms with Crippen molar-refractivity contribution in [3.05, 3.63) is 34.9 Å². The van der Waals surface area contributed by atoms with Crippen molar-refractivity contribution in [1.29, 1.82) is 0 Å². The van der Waals surface area contributed by atoms with Crippen molar-refractivity contribution in [2.75, 3.05) is 6.61 Å². The smallest absolute Gasteiger partial charge is 0.310 e. The lowest BCUT2D eigenvalue weighted by molar-refractivity contribution is -0.142. The number of benzene rings is 1. The first-order valence-electron chi connectivity index (χ1n) is 4.65. The number of carbonyl (C=O) groups excluding carboxylic acids is 1. The molecule has 0 unspecified atom stereocenters. The van der Waals surface area contributed by atoms with Gasteiger partial charge in [0.15, 0.2) is 0 Å². The van der Waals surface area contributed by atoms with E-state index in [1.165, 1.54) is 13.0 Å². The molecule has 0 saturated heterocycles. The van der Waals surface area contributed by atoms with Crippen LogP contribution in [0.1, 0.15) is 18.1 Å². The van der Waals surface area contributed by atoms with E-state index in [1.54, 1.807) is 6.92 Å². The number of carbonyl (C=O) groups is 1. The number of halogens is 2. The fourth-order valence-electron chi connectivity index (χ4n) is 1.22. The normalized spacial score (nSPS) is 10.1. The lowest BCUT2D eigenvalue weighted by atomic mass is 10.1. The van der Waals surface area contributed by atoms with Crippen LogP contribution in [-0.2, 0) is 16.0 Å². The molecule has 0 fully saturated rings. The zero-order valence-electron chi connectivity index (χ0n) is 8.64. The van der Waals surface area contributed by atoms with Gasteiger partial charge in [0.05, 0.1) is 13.0 Å². The molecule has 1 rings (SSSR count). The SMILES string of the molecule is CCOC(=O)Cc1ccc(F)c(C)c1F. The molecule has 1 aromatic carbocycles. The van der Waals surface area contributed by atoms with Crippen molar-refractivity contribution in [3.8, 4) is 0 Å². The van der Waals surface area contributed by atoms with E-state index in [9.17, 15) is 13.6 Å². The first kappa shape index (κ1) is 11.6. The van der Waals surface area contributed by atoms with Crippen molar-refractivity contribution < 1.29 is 18.3 Å². The van der Waals surface area contributed by atoms with E-state index in [0.29, 0.717) is 0 Å². The molecule has 0 aliphatic rings. The minimum absolute atomic E-state index is 0.0724. The predicted molar refractivity (Wildman–Crippen MR) is 51.4 cm³/mol. The van der Waals surface area contributed by atoms with Crippen molar-refractivity contribution in [1.82, 2.24) is 0 Å². The molecular weight excluding hydrogens is 202 g/mol. The minimum Gasteiger partial charge on any atom is -0.466 e. The highest BCUT2D eigenvalue weighted by molar-refractivity contribution is 5.72. The number of ether oxygens (including phenoxy) is 1. The first-order chi connectivity index (χ1) is 7.06. The van der Waals surface area contributed by atoms with Gasteiger partial charge in [0.2, 0.25) is 0 Å². The van der Waals surface area contributed by atoms with Gasteiger partial charge in [-0.1, -0.05) is 6.07 Å². The molecule has 0 aliphatic heterocycles. The summed E-state index contributed by atoms with van der Waals surface area (Å²) in [6.07, 6.45) is -0.166. The number of esters is 1. The van der Waals surface area contributed by atoms with Crippen LogP contribution in [-0.4, -0.2) is 12.6 Å². The zero-order chi connectivity index (χ0) is 11.4. The lowest BCUT2D eigenvalue weighted by Gasteiger charge is -2.06. The molecule has 4 heteroatoms. The number of rotatable bonds is 3.